The van der Waals surface area contributed by atoms with E-state index in [-0.39, 0.29) is 24.3 Å². The molecule has 0 aromatic heterocycles. The first-order valence-corrected chi connectivity index (χ1v) is 21.4. The number of carbonyl (C=O) groups excluding carboxylic acids is 4. The molecule has 0 saturated heterocycles. The average Bonchev–Trinajstić information content (AvgIpc) is 3.08. The number of nitrogens with zero attached hydrogens (tertiary/aromatic N) is 1. The van der Waals surface area contributed by atoms with Crippen molar-refractivity contribution in [3.8, 4) is 0 Å². The third-order valence-electron chi connectivity index (χ3n) is 9.18. The molecule has 0 bridgehead atoms. The van der Waals surface area contributed by atoms with Crippen molar-refractivity contribution in [1.82, 2.24) is 4.90 Å². The van der Waals surface area contributed by atoms with Crippen LogP contribution >= 0.6 is 11.8 Å². The minimum absolute atomic E-state index is 0.0220. The van der Waals surface area contributed by atoms with Gasteiger partial charge in [0.25, 0.3) is 0 Å². The summed E-state index contributed by atoms with van der Waals surface area (Å²) in [5.74, 6) is -2.50. The molecule has 2 atom stereocenters. The molecule has 9 heteroatoms. The molecule has 0 aromatic rings. The maximum atomic E-state index is 13.2. The van der Waals surface area contributed by atoms with Crippen LogP contribution in [0.5, 0.6) is 0 Å². The zero-order chi connectivity index (χ0) is 36.4. The monoisotopic (exact) mass is 714 g/mol. The molecule has 49 heavy (non-hydrogen) atoms. The number of ether oxygens (including phenoxy) is 1. The Morgan fingerprint density at radius 2 is 0.939 bits per heavy atom. The van der Waals surface area contributed by atoms with E-state index in [4.69, 9.17) is 9.84 Å². The molecule has 0 radical (unpaired) electrons. The summed E-state index contributed by atoms with van der Waals surface area (Å²) < 4.78 is 5.16. The molecule has 0 aliphatic rings. The Labute approximate surface area is 304 Å². The quantitative estimate of drug-likeness (QED) is 0.0378. The van der Waals surface area contributed by atoms with Crippen LogP contribution in [0.1, 0.15) is 201 Å². The molecule has 2 amide bonds. The van der Waals surface area contributed by atoms with E-state index in [1.807, 2.05) is 0 Å². The van der Waals surface area contributed by atoms with E-state index in [1.165, 1.54) is 122 Å². The van der Waals surface area contributed by atoms with Crippen LogP contribution in [-0.2, 0) is 23.9 Å². The van der Waals surface area contributed by atoms with E-state index >= 15 is 0 Å². The summed E-state index contributed by atoms with van der Waals surface area (Å²) in [4.78, 5) is 52.5. The second-order valence-electron chi connectivity index (χ2n) is 14.0. The van der Waals surface area contributed by atoms with Gasteiger partial charge in [0, 0.05) is 31.3 Å². The van der Waals surface area contributed by atoms with Gasteiger partial charge in [0.05, 0.1) is 12.7 Å². The van der Waals surface area contributed by atoms with Crippen molar-refractivity contribution in [2.45, 2.75) is 213 Å². The van der Waals surface area contributed by atoms with Gasteiger partial charge in [0.1, 0.15) is 6.04 Å². The summed E-state index contributed by atoms with van der Waals surface area (Å²) in [6.07, 6.45) is 30.0. The van der Waals surface area contributed by atoms with Crippen molar-refractivity contribution in [1.29, 1.82) is 0 Å². The normalized spacial score (nSPS) is 12.5. The van der Waals surface area contributed by atoms with Crippen LogP contribution in [0, 0.1) is 0 Å². The second kappa shape index (κ2) is 35.0. The molecule has 0 aromatic carbocycles. The van der Waals surface area contributed by atoms with Gasteiger partial charge in [0.15, 0.2) is 0 Å². The summed E-state index contributed by atoms with van der Waals surface area (Å²) in [7, 11) is 0. The van der Waals surface area contributed by atoms with Gasteiger partial charge in [-0.1, -0.05) is 168 Å². The number of amides is 2. The second-order valence-corrected chi connectivity index (χ2v) is 15.0. The number of hydrogen-bond donors (Lipinski definition) is 2. The van der Waals surface area contributed by atoms with Crippen molar-refractivity contribution in [3.05, 3.63) is 0 Å². The molecule has 0 heterocycles. The molecule has 8 nitrogen and oxygen atoms in total. The molecular formula is C40H75NO7S. The maximum absolute atomic E-state index is 13.2. The first-order valence-electron chi connectivity index (χ1n) is 20.2. The summed E-state index contributed by atoms with van der Waals surface area (Å²) in [5.41, 5.74) is 0. The zero-order valence-corrected chi connectivity index (χ0v) is 32.7. The van der Waals surface area contributed by atoms with Crippen LogP contribution < -0.4 is 0 Å². The molecule has 0 rings (SSSR count). The van der Waals surface area contributed by atoms with Crippen LogP contribution in [-0.4, -0.2) is 69.1 Å². The predicted molar refractivity (Wildman–Crippen MR) is 203 cm³/mol. The molecule has 0 aliphatic heterocycles. The van der Waals surface area contributed by atoms with Crippen LogP contribution in [0.15, 0.2) is 0 Å². The number of aliphatic hydroxyl groups excluding tert-OH is 2. The largest absolute Gasteiger partial charge is 0.394 e. The van der Waals surface area contributed by atoms with Crippen LogP contribution in [0.2, 0.25) is 0 Å². The molecule has 0 saturated carbocycles. The predicted octanol–water partition coefficient (Wildman–Crippen LogP) is 9.85. The van der Waals surface area contributed by atoms with Crippen molar-refractivity contribution in [2.24, 2.45) is 0 Å². The minimum Gasteiger partial charge on any atom is -0.394 e. The van der Waals surface area contributed by atoms with Gasteiger partial charge in [-0.2, -0.15) is 11.8 Å². The third kappa shape index (κ3) is 28.9. The van der Waals surface area contributed by atoms with Crippen LogP contribution in [0.4, 0.5) is 0 Å². The Bertz CT molecular complexity index is 824. The Kier molecular flexibility index (Phi) is 33.9. The number of thioether (sulfide) groups is 1. The van der Waals surface area contributed by atoms with Gasteiger partial charge in [-0.15, -0.1) is 0 Å². The molecule has 288 valence electrons. The Balaban J connectivity index is 4.56. The summed E-state index contributed by atoms with van der Waals surface area (Å²) in [6.45, 7) is 5.28. The molecule has 0 aliphatic carbocycles. The van der Waals surface area contributed by atoms with Crippen molar-refractivity contribution < 1.29 is 34.1 Å². The lowest BCUT2D eigenvalue weighted by molar-refractivity contribution is -0.167. The summed E-state index contributed by atoms with van der Waals surface area (Å²) >= 11 is 1.13. The van der Waals surface area contributed by atoms with Gasteiger partial charge < -0.3 is 14.9 Å². The van der Waals surface area contributed by atoms with E-state index in [0.717, 1.165) is 55.2 Å². The highest BCUT2D eigenvalue weighted by atomic mass is 32.2. The standard InChI is InChI=1S/C40H75NO7S/c1-4-6-8-10-12-14-16-18-20-22-24-26-28-30-38(45)41(35(3)43)37(34-49-33-36(44)32-42)40(47)48-39(46)31-29-27-25-23-21-19-17-15-13-11-9-7-5-2/h36-37,42,44H,4-34H2,1-3H3/t36?,37-/m0/s1. The number of rotatable bonds is 35. The number of carbonyl (C=O) groups is 4. The van der Waals surface area contributed by atoms with E-state index in [9.17, 15) is 24.3 Å². The fraction of sp³-hybridized carbons (Fsp3) is 0.900. The van der Waals surface area contributed by atoms with Crippen LogP contribution in [0.3, 0.4) is 0 Å². The summed E-state index contributed by atoms with van der Waals surface area (Å²) in [6, 6.07) is -1.27. The molecule has 2 N–H and O–H groups in total. The lowest BCUT2D eigenvalue weighted by atomic mass is 10.0. The summed E-state index contributed by atoms with van der Waals surface area (Å²) in [5, 5.41) is 18.9. The van der Waals surface area contributed by atoms with E-state index < -0.39 is 42.5 Å². The third-order valence-corrected chi connectivity index (χ3v) is 10.4. The first kappa shape index (κ1) is 47.5. The minimum atomic E-state index is -1.27. The topological polar surface area (TPSA) is 121 Å². The SMILES string of the molecule is CCCCCCCCCCCCCCCC(=O)OC(=O)[C@H](CSCC(O)CO)N(C(C)=O)C(=O)CCCCCCCCCCCCCCC. The highest BCUT2D eigenvalue weighted by Gasteiger charge is 2.35. The number of esters is 2. The fourth-order valence-corrected chi connectivity index (χ4v) is 7.14. The maximum Gasteiger partial charge on any atom is 0.337 e. The fourth-order valence-electron chi connectivity index (χ4n) is 6.12. The lowest BCUT2D eigenvalue weighted by Gasteiger charge is -2.27. The van der Waals surface area contributed by atoms with Crippen molar-refractivity contribution >= 4 is 35.5 Å². The number of aliphatic hydroxyl groups is 2. The highest BCUT2D eigenvalue weighted by molar-refractivity contribution is 7.99. The van der Waals surface area contributed by atoms with E-state index in [0.29, 0.717) is 12.8 Å². The van der Waals surface area contributed by atoms with Gasteiger partial charge in [-0.05, 0) is 12.8 Å². The smallest absolute Gasteiger partial charge is 0.337 e. The molecular weight excluding hydrogens is 639 g/mol. The highest BCUT2D eigenvalue weighted by Crippen LogP contribution is 2.18. The van der Waals surface area contributed by atoms with Gasteiger partial charge in [-0.25, -0.2) is 4.79 Å². The van der Waals surface area contributed by atoms with Gasteiger partial charge >= 0.3 is 11.9 Å². The van der Waals surface area contributed by atoms with E-state index in [1.54, 1.807) is 0 Å². The van der Waals surface area contributed by atoms with Crippen LogP contribution in [0.25, 0.3) is 0 Å². The molecule has 1 unspecified atom stereocenters. The molecule has 0 spiro atoms. The van der Waals surface area contributed by atoms with Crippen molar-refractivity contribution in [3.63, 3.8) is 0 Å². The van der Waals surface area contributed by atoms with Gasteiger partial charge in [0.2, 0.25) is 11.8 Å². The Morgan fingerprint density at radius 1 is 0.571 bits per heavy atom. The van der Waals surface area contributed by atoms with E-state index in [2.05, 4.69) is 13.8 Å². The number of imide groups is 1. The Morgan fingerprint density at radius 3 is 1.31 bits per heavy atom. The number of unbranched alkanes of at least 4 members (excludes halogenated alkanes) is 24. The Hall–Kier alpha value is -1.45. The van der Waals surface area contributed by atoms with Gasteiger partial charge in [-0.3, -0.25) is 19.3 Å². The zero-order valence-electron chi connectivity index (χ0n) is 31.9. The number of hydrogen-bond acceptors (Lipinski definition) is 8. The average molecular weight is 714 g/mol. The first-order chi connectivity index (χ1) is 23.8. The lowest BCUT2D eigenvalue weighted by Crippen LogP contribution is -2.50. The van der Waals surface area contributed by atoms with Crippen molar-refractivity contribution in [2.75, 3.05) is 18.1 Å². The molecule has 0 fully saturated rings.